The Kier molecular flexibility index (Phi) is 12.0. The van der Waals surface area contributed by atoms with Crippen molar-refractivity contribution in [1.29, 1.82) is 0 Å². The number of methoxy groups -OCH3 is 1. The molecule has 1 fully saturated rings. The lowest BCUT2D eigenvalue weighted by atomic mass is 9.79. The summed E-state index contributed by atoms with van der Waals surface area (Å²) < 4.78 is 4.80. The molecule has 0 aliphatic heterocycles. The van der Waals surface area contributed by atoms with E-state index in [1.54, 1.807) is 0 Å². The van der Waals surface area contributed by atoms with E-state index in [0.29, 0.717) is 0 Å². The number of nitrogens with one attached hydrogen (secondary N) is 2. The Hall–Kier alpha value is -1.59. The second kappa shape index (κ2) is 13.7. The zero-order valence-corrected chi connectivity index (χ0v) is 20.0. The van der Waals surface area contributed by atoms with E-state index in [4.69, 9.17) is 4.74 Å². The topological polar surface area (TPSA) is 84.5 Å². The van der Waals surface area contributed by atoms with Crippen LogP contribution < -0.4 is 10.6 Å². The number of esters is 1. The van der Waals surface area contributed by atoms with Gasteiger partial charge in [0.15, 0.2) is 0 Å². The van der Waals surface area contributed by atoms with Gasteiger partial charge < -0.3 is 15.4 Å². The van der Waals surface area contributed by atoms with Gasteiger partial charge in [0.1, 0.15) is 12.1 Å². The Bertz CT molecular complexity index is 539. The van der Waals surface area contributed by atoms with Crippen molar-refractivity contribution >= 4 is 17.8 Å². The molecular weight excluding hydrogens is 380 g/mol. The highest BCUT2D eigenvalue weighted by atomic mass is 16.5. The summed E-state index contributed by atoms with van der Waals surface area (Å²) in [6, 6.07) is -1.38. The molecule has 174 valence electrons. The van der Waals surface area contributed by atoms with Gasteiger partial charge in [0.2, 0.25) is 11.8 Å². The third-order valence-corrected chi connectivity index (χ3v) is 6.35. The molecule has 0 spiro atoms. The Balaban J connectivity index is 2.57. The molecule has 1 saturated carbocycles. The van der Waals surface area contributed by atoms with Crippen LogP contribution in [0.3, 0.4) is 0 Å². The fraction of sp³-hybridized carbons (Fsp3) is 0.875. The third kappa shape index (κ3) is 8.65. The van der Waals surface area contributed by atoms with Crippen LogP contribution in [0.15, 0.2) is 0 Å². The number of hydrogen-bond acceptors (Lipinski definition) is 4. The number of amides is 2. The molecule has 0 bridgehead atoms. The molecule has 6 heteroatoms. The number of hydrogen-bond donors (Lipinski definition) is 2. The number of unbranched alkanes of at least 4 members (excludes halogenated alkanes) is 3. The van der Waals surface area contributed by atoms with Crippen molar-refractivity contribution in [2.45, 2.75) is 104 Å². The minimum Gasteiger partial charge on any atom is -0.467 e. The molecule has 0 radical (unpaired) electrons. The van der Waals surface area contributed by atoms with E-state index in [2.05, 4.69) is 17.6 Å². The first-order chi connectivity index (χ1) is 14.2. The van der Waals surface area contributed by atoms with Crippen molar-refractivity contribution in [3.8, 4) is 0 Å². The molecule has 30 heavy (non-hydrogen) atoms. The van der Waals surface area contributed by atoms with Crippen LogP contribution in [-0.4, -0.2) is 37.0 Å². The molecule has 1 aliphatic carbocycles. The van der Waals surface area contributed by atoms with Crippen molar-refractivity contribution in [2.24, 2.45) is 23.7 Å². The quantitative estimate of drug-likeness (QED) is 0.363. The fourth-order valence-electron chi connectivity index (χ4n) is 4.25. The molecular formula is C24H44N2O4. The average Bonchev–Trinajstić information content (AvgIpc) is 2.72. The highest BCUT2D eigenvalue weighted by Crippen LogP contribution is 2.32. The van der Waals surface area contributed by atoms with E-state index in [0.717, 1.165) is 31.6 Å². The molecule has 0 unspecified atom stereocenters. The van der Waals surface area contributed by atoms with Crippen molar-refractivity contribution in [2.75, 3.05) is 7.11 Å². The molecule has 0 saturated heterocycles. The molecule has 0 aromatic rings. The molecule has 2 N–H and O–H groups in total. The van der Waals surface area contributed by atoms with Gasteiger partial charge in [0, 0.05) is 5.92 Å². The zero-order chi connectivity index (χ0) is 22.7. The molecule has 0 aromatic heterocycles. The standard InChI is InChI=1S/C24H44N2O4/c1-7-8-9-10-11-18-12-14-19(15-13-18)22(27)25-20(16(2)3)23(28)26-21(17(4)5)24(29)30-6/h16-21H,7-15H2,1-6H3,(H,25,27)(H,26,28)/t18?,19?,20-,21+/m1/s1. The van der Waals surface area contributed by atoms with Gasteiger partial charge in [-0.2, -0.15) is 0 Å². The molecule has 2 amide bonds. The van der Waals surface area contributed by atoms with Crippen molar-refractivity contribution in [3.05, 3.63) is 0 Å². The van der Waals surface area contributed by atoms with Crippen LogP contribution in [0.5, 0.6) is 0 Å². The van der Waals surface area contributed by atoms with Gasteiger partial charge >= 0.3 is 5.97 Å². The van der Waals surface area contributed by atoms with E-state index in [1.165, 1.54) is 39.2 Å². The van der Waals surface area contributed by atoms with E-state index >= 15 is 0 Å². The lowest BCUT2D eigenvalue weighted by molar-refractivity contribution is -0.147. The second-order valence-corrected chi connectivity index (χ2v) is 9.55. The third-order valence-electron chi connectivity index (χ3n) is 6.35. The lowest BCUT2D eigenvalue weighted by Gasteiger charge is -2.31. The Morgan fingerprint density at radius 3 is 1.97 bits per heavy atom. The van der Waals surface area contributed by atoms with E-state index in [9.17, 15) is 14.4 Å². The number of carbonyl (C=O) groups excluding carboxylic acids is 3. The van der Waals surface area contributed by atoms with Gasteiger partial charge in [0.05, 0.1) is 7.11 Å². The second-order valence-electron chi connectivity index (χ2n) is 9.55. The average molecular weight is 425 g/mol. The summed E-state index contributed by atoms with van der Waals surface area (Å²) in [5.41, 5.74) is 0. The van der Waals surface area contributed by atoms with Gasteiger partial charge in [-0.15, -0.1) is 0 Å². The Morgan fingerprint density at radius 1 is 0.867 bits per heavy atom. The minimum atomic E-state index is -0.719. The fourth-order valence-corrected chi connectivity index (χ4v) is 4.25. The number of ether oxygens (including phenoxy) is 1. The number of carbonyl (C=O) groups is 3. The van der Waals surface area contributed by atoms with Gasteiger partial charge in [-0.3, -0.25) is 9.59 Å². The summed E-state index contributed by atoms with van der Waals surface area (Å²) in [4.78, 5) is 37.6. The maximum atomic E-state index is 12.9. The first-order valence-electron chi connectivity index (χ1n) is 11.9. The summed E-state index contributed by atoms with van der Waals surface area (Å²) in [7, 11) is 1.31. The minimum absolute atomic E-state index is 0.0209. The molecule has 2 atom stereocenters. The Labute approximate surface area is 183 Å². The monoisotopic (exact) mass is 424 g/mol. The van der Waals surface area contributed by atoms with Gasteiger partial charge in [-0.1, -0.05) is 66.7 Å². The molecule has 0 aromatic carbocycles. The highest BCUT2D eigenvalue weighted by Gasteiger charge is 2.33. The molecule has 1 rings (SSSR count). The van der Waals surface area contributed by atoms with Crippen LogP contribution >= 0.6 is 0 Å². The van der Waals surface area contributed by atoms with Gasteiger partial charge in [-0.05, 0) is 43.4 Å². The molecule has 6 nitrogen and oxygen atoms in total. The first kappa shape index (κ1) is 26.4. The van der Waals surface area contributed by atoms with E-state index < -0.39 is 18.1 Å². The van der Waals surface area contributed by atoms with Crippen LogP contribution in [0.1, 0.15) is 92.4 Å². The maximum Gasteiger partial charge on any atom is 0.328 e. The number of rotatable bonds is 12. The van der Waals surface area contributed by atoms with Crippen LogP contribution in [0.4, 0.5) is 0 Å². The van der Waals surface area contributed by atoms with Crippen molar-refractivity contribution in [1.82, 2.24) is 10.6 Å². The smallest absolute Gasteiger partial charge is 0.328 e. The summed E-state index contributed by atoms with van der Waals surface area (Å²) in [5, 5.41) is 5.73. The van der Waals surface area contributed by atoms with Crippen LogP contribution in [0.2, 0.25) is 0 Å². The van der Waals surface area contributed by atoms with E-state index in [-0.39, 0.29) is 29.6 Å². The lowest BCUT2D eigenvalue weighted by Crippen LogP contribution is -2.56. The van der Waals surface area contributed by atoms with Crippen LogP contribution in [0.25, 0.3) is 0 Å². The largest absolute Gasteiger partial charge is 0.467 e. The van der Waals surface area contributed by atoms with Gasteiger partial charge in [0.25, 0.3) is 0 Å². The molecule has 1 aliphatic rings. The summed E-state index contributed by atoms with van der Waals surface area (Å²) in [6.45, 7) is 9.74. The Morgan fingerprint density at radius 2 is 1.47 bits per heavy atom. The SMILES string of the molecule is CCCCCCC1CCC(C(=O)N[C@@H](C(=O)N[C@H](C(=O)OC)C(C)C)C(C)C)CC1. The van der Waals surface area contributed by atoms with Gasteiger partial charge in [-0.25, -0.2) is 4.79 Å². The highest BCUT2D eigenvalue weighted by molar-refractivity contribution is 5.91. The normalized spacial score (nSPS) is 21.2. The summed E-state index contributed by atoms with van der Waals surface area (Å²) >= 11 is 0. The molecule has 0 heterocycles. The van der Waals surface area contributed by atoms with Crippen molar-refractivity contribution < 1.29 is 19.1 Å². The first-order valence-corrected chi connectivity index (χ1v) is 11.9. The summed E-state index contributed by atoms with van der Waals surface area (Å²) in [5.74, 6) is -0.287. The maximum absolute atomic E-state index is 12.9. The zero-order valence-electron chi connectivity index (χ0n) is 20.0. The predicted molar refractivity (Wildman–Crippen MR) is 120 cm³/mol. The van der Waals surface area contributed by atoms with Crippen molar-refractivity contribution in [3.63, 3.8) is 0 Å². The predicted octanol–water partition coefficient (Wildman–Crippen LogP) is 4.22. The van der Waals surface area contributed by atoms with E-state index in [1.807, 2.05) is 27.7 Å². The van der Waals surface area contributed by atoms with Crippen LogP contribution in [-0.2, 0) is 19.1 Å². The summed E-state index contributed by atoms with van der Waals surface area (Å²) in [6.07, 6.45) is 10.4. The van der Waals surface area contributed by atoms with Crippen LogP contribution in [0, 0.1) is 23.7 Å².